The summed E-state index contributed by atoms with van der Waals surface area (Å²) in [6.45, 7) is 2.73. The highest BCUT2D eigenvalue weighted by Crippen LogP contribution is 2.25. The smallest absolute Gasteiger partial charge is 0.151 e. The van der Waals surface area contributed by atoms with Gasteiger partial charge in [-0.05, 0) is 68.0 Å². The van der Waals surface area contributed by atoms with Crippen LogP contribution in [0.15, 0.2) is 36.4 Å². The summed E-state index contributed by atoms with van der Waals surface area (Å²) in [4.78, 5) is 12.9. The van der Waals surface area contributed by atoms with Gasteiger partial charge in [0, 0.05) is 18.7 Å². The van der Waals surface area contributed by atoms with Crippen LogP contribution in [0, 0.1) is 5.92 Å². The molecular weight excluding hydrogens is 338 g/mol. The number of aromatic nitrogens is 2. The van der Waals surface area contributed by atoms with Crippen LogP contribution in [-0.4, -0.2) is 36.2 Å². The summed E-state index contributed by atoms with van der Waals surface area (Å²) >= 11 is 5.78. The highest BCUT2D eigenvalue weighted by Gasteiger charge is 2.20. The van der Waals surface area contributed by atoms with E-state index in [-0.39, 0.29) is 0 Å². The minimum Gasteiger partial charge on any atom is -0.494 e. The maximum absolute atomic E-state index is 10.6. The average Bonchev–Trinajstić information content (AvgIpc) is 2.67. The van der Waals surface area contributed by atoms with Crippen molar-refractivity contribution >= 4 is 23.7 Å². The van der Waals surface area contributed by atoms with Crippen molar-refractivity contribution in [2.24, 2.45) is 5.92 Å². The molecule has 1 fully saturated rings. The Morgan fingerprint density at radius 2 is 1.88 bits per heavy atom. The third-order valence-electron chi connectivity index (χ3n) is 4.60. The normalized spacial score (nSPS) is 15.2. The number of piperidine rings is 1. The standard InChI is InChI=1S/C19H22ClN3O2/c20-18-7-8-19(22-21-18)23-11-9-15(10-12-23)2-1-13-25-17-5-3-16(14-24)4-6-17/h3-8,14-15H,1-2,9-13H2. The number of hydrogen-bond donors (Lipinski definition) is 0. The van der Waals surface area contributed by atoms with E-state index in [4.69, 9.17) is 16.3 Å². The van der Waals surface area contributed by atoms with Gasteiger partial charge in [-0.15, -0.1) is 10.2 Å². The van der Waals surface area contributed by atoms with Gasteiger partial charge >= 0.3 is 0 Å². The third kappa shape index (κ3) is 5.16. The van der Waals surface area contributed by atoms with E-state index in [1.54, 1.807) is 18.2 Å². The molecule has 132 valence electrons. The van der Waals surface area contributed by atoms with Crippen molar-refractivity contribution in [1.82, 2.24) is 10.2 Å². The lowest BCUT2D eigenvalue weighted by Crippen LogP contribution is -2.34. The first kappa shape index (κ1) is 17.7. The van der Waals surface area contributed by atoms with Crippen molar-refractivity contribution < 1.29 is 9.53 Å². The summed E-state index contributed by atoms with van der Waals surface area (Å²) in [5.74, 6) is 2.46. The molecule has 3 rings (SSSR count). The molecule has 0 aliphatic carbocycles. The summed E-state index contributed by atoms with van der Waals surface area (Å²) in [7, 11) is 0. The maximum Gasteiger partial charge on any atom is 0.151 e. The summed E-state index contributed by atoms with van der Waals surface area (Å²) in [6.07, 6.45) is 5.38. The Hall–Kier alpha value is -2.14. The molecule has 0 amide bonds. The minimum absolute atomic E-state index is 0.430. The summed E-state index contributed by atoms with van der Waals surface area (Å²) in [5.41, 5.74) is 0.671. The van der Waals surface area contributed by atoms with Gasteiger partial charge in [-0.2, -0.15) is 0 Å². The first-order valence-electron chi connectivity index (χ1n) is 8.67. The summed E-state index contributed by atoms with van der Waals surface area (Å²) in [5, 5.41) is 8.49. The second kappa shape index (κ2) is 8.81. The fraction of sp³-hybridized carbons (Fsp3) is 0.421. The molecule has 0 radical (unpaired) electrons. The van der Waals surface area contributed by atoms with Gasteiger partial charge in [0.2, 0.25) is 0 Å². The maximum atomic E-state index is 10.6. The van der Waals surface area contributed by atoms with Crippen molar-refractivity contribution in [2.45, 2.75) is 25.7 Å². The fourth-order valence-electron chi connectivity index (χ4n) is 3.13. The van der Waals surface area contributed by atoms with Gasteiger partial charge in [0.15, 0.2) is 11.0 Å². The molecule has 0 saturated carbocycles. The van der Waals surface area contributed by atoms with Crippen LogP contribution < -0.4 is 9.64 Å². The Kier molecular flexibility index (Phi) is 6.23. The van der Waals surface area contributed by atoms with Crippen molar-refractivity contribution in [3.8, 4) is 5.75 Å². The molecule has 0 atom stereocenters. The molecule has 0 unspecified atom stereocenters. The molecule has 1 aliphatic rings. The van der Waals surface area contributed by atoms with E-state index in [1.165, 1.54) is 19.3 Å². The van der Waals surface area contributed by atoms with Gasteiger partial charge in [-0.3, -0.25) is 4.79 Å². The number of ether oxygens (including phenoxy) is 1. The van der Waals surface area contributed by atoms with Crippen molar-refractivity contribution in [3.05, 3.63) is 47.1 Å². The van der Waals surface area contributed by atoms with Gasteiger partial charge in [-0.1, -0.05) is 11.6 Å². The average molecular weight is 360 g/mol. The summed E-state index contributed by atoms with van der Waals surface area (Å²) in [6, 6.07) is 11.0. The predicted octanol–water partition coefficient (Wildman–Crippen LogP) is 4.02. The number of benzene rings is 1. The van der Waals surface area contributed by atoms with Gasteiger partial charge in [0.25, 0.3) is 0 Å². The monoisotopic (exact) mass is 359 g/mol. The quantitative estimate of drug-likeness (QED) is 0.552. The molecule has 0 spiro atoms. The van der Waals surface area contributed by atoms with E-state index in [0.29, 0.717) is 17.3 Å². The number of aldehydes is 1. The zero-order chi connectivity index (χ0) is 17.5. The molecule has 1 saturated heterocycles. The van der Waals surface area contributed by atoms with Crippen LogP contribution in [-0.2, 0) is 0 Å². The van der Waals surface area contributed by atoms with Crippen LogP contribution >= 0.6 is 11.6 Å². The highest BCUT2D eigenvalue weighted by molar-refractivity contribution is 6.29. The number of anilines is 1. The van der Waals surface area contributed by atoms with Crippen LogP contribution in [0.4, 0.5) is 5.82 Å². The van der Waals surface area contributed by atoms with E-state index >= 15 is 0 Å². The number of rotatable bonds is 7. The first-order valence-corrected chi connectivity index (χ1v) is 9.04. The van der Waals surface area contributed by atoms with E-state index < -0.39 is 0 Å². The van der Waals surface area contributed by atoms with E-state index in [0.717, 1.165) is 43.3 Å². The number of hydrogen-bond acceptors (Lipinski definition) is 5. The highest BCUT2D eigenvalue weighted by atomic mass is 35.5. The van der Waals surface area contributed by atoms with Gasteiger partial charge in [0.1, 0.15) is 12.0 Å². The Bertz CT molecular complexity index is 668. The van der Waals surface area contributed by atoms with Crippen LogP contribution in [0.25, 0.3) is 0 Å². The van der Waals surface area contributed by atoms with Crippen LogP contribution in [0.2, 0.25) is 5.15 Å². The fourth-order valence-corrected chi connectivity index (χ4v) is 3.23. The Morgan fingerprint density at radius 3 is 2.52 bits per heavy atom. The molecule has 1 aliphatic heterocycles. The van der Waals surface area contributed by atoms with Gasteiger partial charge < -0.3 is 9.64 Å². The van der Waals surface area contributed by atoms with Crippen LogP contribution in [0.1, 0.15) is 36.0 Å². The molecule has 6 heteroatoms. The first-order chi connectivity index (χ1) is 12.2. The Morgan fingerprint density at radius 1 is 1.12 bits per heavy atom. The van der Waals surface area contributed by atoms with Crippen LogP contribution in [0.3, 0.4) is 0 Å². The molecule has 2 heterocycles. The zero-order valence-corrected chi connectivity index (χ0v) is 14.9. The molecule has 5 nitrogen and oxygen atoms in total. The second-order valence-corrected chi connectivity index (χ2v) is 6.71. The largest absolute Gasteiger partial charge is 0.494 e. The lowest BCUT2D eigenvalue weighted by Gasteiger charge is -2.32. The van der Waals surface area contributed by atoms with Crippen molar-refractivity contribution in [2.75, 3.05) is 24.6 Å². The minimum atomic E-state index is 0.430. The molecule has 2 aromatic rings. The number of carbonyl (C=O) groups is 1. The lowest BCUT2D eigenvalue weighted by atomic mass is 9.92. The molecule has 0 bridgehead atoms. The predicted molar refractivity (Wildman–Crippen MR) is 98.5 cm³/mol. The summed E-state index contributed by atoms with van der Waals surface area (Å²) < 4.78 is 5.74. The molecular formula is C19H22ClN3O2. The number of nitrogens with zero attached hydrogens (tertiary/aromatic N) is 3. The SMILES string of the molecule is O=Cc1ccc(OCCCC2CCN(c3ccc(Cl)nn3)CC2)cc1. The number of halogens is 1. The third-order valence-corrected chi connectivity index (χ3v) is 4.80. The molecule has 0 N–H and O–H groups in total. The molecule has 1 aromatic heterocycles. The van der Waals surface area contributed by atoms with Crippen LogP contribution in [0.5, 0.6) is 5.75 Å². The van der Waals surface area contributed by atoms with Crippen molar-refractivity contribution in [1.29, 1.82) is 0 Å². The Labute approximate surface area is 153 Å². The molecule has 25 heavy (non-hydrogen) atoms. The van der Waals surface area contributed by atoms with E-state index in [9.17, 15) is 4.79 Å². The second-order valence-electron chi connectivity index (χ2n) is 6.32. The lowest BCUT2D eigenvalue weighted by molar-refractivity contribution is 0.112. The zero-order valence-electron chi connectivity index (χ0n) is 14.1. The van der Waals surface area contributed by atoms with E-state index in [2.05, 4.69) is 15.1 Å². The van der Waals surface area contributed by atoms with Crippen molar-refractivity contribution in [3.63, 3.8) is 0 Å². The topological polar surface area (TPSA) is 55.3 Å². The van der Waals surface area contributed by atoms with Gasteiger partial charge in [0.05, 0.1) is 6.61 Å². The Balaban J connectivity index is 1.35. The van der Waals surface area contributed by atoms with Gasteiger partial charge in [-0.25, -0.2) is 0 Å². The molecule has 1 aromatic carbocycles. The van der Waals surface area contributed by atoms with E-state index in [1.807, 2.05) is 18.2 Å². The number of carbonyl (C=O) groups excluding carboxylic acids is 1.